The zero-order valence-electron chi connectivity index (χ0n) is 33.6. The lowest BCUT2D eigenvalue weighted by Gasteiger charge is -2.28. The molecule has 0 rings (SSSR count). The number of hydrogen-bond acceptors (Lipinski definition) is 15. The number of amides is 9. The summed E-state index contributed by atoms with van der Waals surface area (Å²) < 4.78 is 0. The Morgan fingerprint density at radius 1 is 0.433 bits per heavy atom. The number of carbonyl (C=O) groups excluding carboxylic acids is 9. The topological polar surface area (TPSA) is 451 Å². The van der Waals surface area contributed by atoms with Crippen LogP contribution >= 0.6 is 0 Å². The molecule has 0 saturated carbocycles. The van der Waals surface area contributed by atoms with Gasteiger partial charge < -0.3 is 80.0 Å². The Balaban J connectivity index is 6.37. The van der Waals surface area contributed by atoms with Gasteiger partial charge in [-0.05, 0) is 31.1 Å². The van der Waals surface area contributed by atoms with E-state index >= 15 is 0 Å². The molecule has 26 nitrogen and oxygen atoms in total. The SMILES string of the molecule is CC(C)[C@H](NC(=O)[C@H](CCC(N)=O)NC(=O)[C@H](CO)NC(=O)[C@H](CCC(=O)O)NC(=O)[C@H](CCC(N)=O)NC(=O)[C@@H](NC(=O)[C@H](CO)NC(=O)[C@@H](N)CO)C(C)C)C(=O)O. The summed E-state index contributed by atoms with van der Waals surface area (Å²) >= 11 is 0. The molecule has 0 radical (unpaired) electrons. The number of hydrogen-bond donors (Lipinski definition) is 15. The highest BCUT2D eigenvalue weighted by molar-refractivity contribution is 5.98. The van der Waals surface area contributed by atoms with Crippen molar-refractivity contribution in [2.24, 2.45) is 29.0 Å². The van der Waals surface area contributed by atoms with E-state index in [1.807, 2.05) is 0 Å². The number of nitrogens with two attached hydrogens (primary N) is 3. The van der Waals surface area contributed by atoms with Crippen LogP contribution in [0, 0.1) is 11.8 Å². The van der Waals surface area contributed by atoms with Crippen molar-refractivity contribution in [3.05, 3.63) is 0 Å². The summed E-state index contributed by atoms with van der Waals surface area (Å²) in [7, 11) is 0. The molecule has 0 aromatic carbocycles. The summed E-state index contributed by atoms with van der Waals surface area (Å²) in [5.74, 6) is -13.9. The average molecular weight is 863 g/mol. The van der Waals surface area contributed by atoms with Gasteiger partial charge in [0.15, 0.2) is 0 Å². The Kier molecular flexibility index (Phi) is 24.2. The number of carboxylic acids is 2. The predicted molar refractivity (Wildman–Crippen MR) is 204 cm³/mol. The smallest absolute Gasteiger partial charge is 0.326 e. The minimum atomic E-state index is -1.89. The maximum absolute atomic E-state index is 13.6. The van der Waals surface area contributed by atoms with Gasteiger partial charge in [-0.1, -0.05) is 27.7 Å². The van der Waals surface area contributed by atoms with Gasteiger partial charge in [-0.15, -0.1) is 0 Å². The van der Waals surface area contributed by atoms with Gasteiger partial charge in [-0.25, -0.2) is 4.79 Å². The molecule has 0 aliphatic carbocycles. The van der Waals surface area contributed by atoms with E-state index in [0.717, 1.165) is 0 Å². The molecule has 0 heterocycles. The molecule has 0 fully saturated rings. The fraction of sp³-hybridized carbons (Fsp3) is 0.676. The highest BCUT2D eigenvalue weighted by Gasteiger charge is 2.35. The van der Waals surface area contributed by atoms with Crippen molar-refractivity contribution in [1.82, 2.24) is 37.2 Å². The molecule has 26 heteroatoms. The molecule has 0 spiro atoms. The molecule has 0 aromatic rings. The maximum atomic E-state index is 13.6. The van der Waals surface area contributed by atoms with E-state index in [-0.39, 0.29) is 0 Å². The Morgan fingerprint density at radius 3 is 1.10 bits per heavy atom. The van der Waals surface area contributed by atoms with Crippen LogP contribution in [0.15, 0.2) is 0 Å². The molecule has 0 saturated heterocycles. The molecule has 8 atom stereocenters. The largest absolute Gasteiger partial charge is 0.481 e. The van der Waals surface area contributed by atoms with Crippen LogP contribution in [-0.2, 0) is 52.7 Å². The second-order valence-corrected chi connectivity index (χ2v) is 14.2. The van der Waals surface area contributed by atoms with Gasteiger partial charge >= 0.3 is 11.9 Å². The van der Waals surface area contributed by atoms with Crippen LogP contribution in [0.5, 0.6) is 0 Å². The van der Waals surface area contributed by atoms with Crippen molar-refractivity contribution in [2.45, 2.75) is 115 Å². The quantitative estimate of drug-likeness (QED) is 0.0332. The standard InChI is InChI=1S/C34H58N10O16/c1-14(2)25(43-32(57)21(13-47)41-27(52)16(35)11-45)33(58)40-17(5-8-22(36)48)28(53)38-19(7-10-24(50)51)29(54)42-20(12-46)31(56)39-18(6-9-23(37)49)30(55)44-26(15(3)4)34(59)60/h14-21,25-26,45-47H,5-13,35H2,1-4H3,(H2,36,48)(H2,37,49)(H,38,53)(H,39,56)(H,40,58)(H,41,52)(H,42,54)(H,43,57)(H,44,55)(H,50,51)(H,59,60)/t16-,17-,18-,19-,20-,21-,25-,26-/m0/s1. The van der Waals surface area contributed by atoms with Crippen molar-refractivity contribution < 1.29 is 78.3 Å². The minimum absolute atomic E-state index is 0.432. The lowest BCUT2D eigenvalue weighted by Crippen LogP contribution is -2.61. The van der Waals surface area contributed by atoms with E-state index in [2.05, 4.69) is 37.2 Å². The average Bonchev–Trinajstić information content (AvgIpc) is 3.16. The van der Waals surface area contributed by atoms with Gasteiger partial charge in [-0.3, -0.25) is 47.9 Å². The normalized spacial score (nSPS) is 15.0. The first-order chi connectivity index (χ1) is 27.9. The molecule has 18 N–H and O–H groups in total. The van der Waals surface area contributed by atoms with Gasteiger partial charge in [-0.2, -0.15) is 0 Å². The van der Waals surface area contributed by atoms with Gasteiger partial charge in [0.25, 0.3) is 0 Å². The molecular weight excluding hydrogens is 804 g/mol. The first kappa shape index (κ1) is 54.0. The summed E-state index contributed by atoms with van der Waals surface area (Å²) in [6.45, 7) is 3.04. The molecule has 0 aliphatic rings. The van der Waals surface area contributed by atoms with Crippen LogP contribution in [0.1, 0.15) is 66.2 Å². The fourth-order valence-electron chi connectivity index (χ4n) is 5.03. The van der Waals surface area contributed by atoms with Gasteiger partial charge in [0.2, 0.25) is 53.2 Å². The number of primary amides is 2. The highest BCUT2D eigenvalue weighted by atomic mass is 16.4. The van der Waals surface area contributed by atoms with Gasteiger partial charge in [0.1, 0.15) is 48.3 Å². The molecule has 60 heavy (non-hydrogen) atoms. The van der Waals surface area contributed by atoms with Crippen molar-refractivity contribution in [3.63, 3.8) is 0 Å². The van der Waals surface area contributed by atoms with E-state index in [9.17, 15) is 73.2 Å². The minimum Gasteiger partial charge on any atom is -0.481 e. The first-order valence-corrected chi connectivity index (χ1v) is 18.6. The van der Waals surface area contributed by atoms with Crippen LogP contribution in [0.25, 0.3) is 0 Å². The fourth-order valence-corrected chi connectivity index (χ4v) is 5.03. The summed E-state index contributed by atoms with van der Waals surface area (Å²) in [6, 6.07) is -13.0. The van der Waals surface area contributed by atoms with E-state index in [4.69, 9.17) is 22.3 Å². The molecule has 340 valence electrons. The number of carbonyl (C=O) groups is 11. The maximum Gasteiger partial charge on any atom is 0.326 e. The molecule has 0 aliphatic heterocycles. The monoisotopic (exact) mass is 862 g/mol. The first-order valence-electron chi connectivity index (χ1n) is 18.6. The van der Waals surface area contributed by atoms with Gasteiger partial charge in [0, 0.05) is 19.3 Å². The highest BCUT2D eigenvalue weighted by Crippen LogP contribution is 2.09. The number of nitrogens with one attached hydrogen (secondary N) is 7. The summed E-state index contributed by atoms with van der Waals surface area (Å²) in [4.78, 5) is 138. The Bertz CT molecular complexity index is 1560. The van der Waals surface area contributed by atoms with Crippen LogP contribution in [0.2, 0.25) is 0 Å². The Morgan fingerprint density at radius 2 is 0.750 bits per heavy atom. The Hall–Kier alpha value is -5.99. The van der Waals surface area contributed by atoms with Crippen LogP contribution in [-0.4, -0.2) is 159 Å². The third-order valence-corrected chi connectivity index (χ3v) is 8.55. The summed E-state index contributed by atoms with van der Waals surface area (Å²) in [6.07, 6.45) is -3.31. The summed E-state index contributed by atoms with van der Waals surface area (Å²) in [5, 5.41) is 63.0. The van der Waals surface area contributed by atoms with Crippen molar-refractivity contribution in [3.8, 4) is 0 Å². The van der Waals surface area contributed by atoms with E-state index in [1.165, 1.54) is 27.7 Å². The third-order valence-electron chi connectivity index (χ3n) is 8.55. The number of rotatable bonds is 29. The second-order valence-electron chi connectivity index (χ2n) is 14.2. The van der Waals surface area contributed by atoms with Crippen molar-refractivity contribution in [2.75, 3.05) is 19.8 Å². The molecule has 9 amide bonds. The van der Waals surface area contributed by atoms with Crippen molar-refractivity contribution in [1.29, 1.82) is 0 Å². The summed E-state index contributed by atoms with van der Waals surface area (Å²) in [5.41, 5.74) is 15.8. The van der Waals surface area contributed by atoms with Crippen LogP contribution in [0.4, 0.5) is 0 Å². The van der Waals surface area contributed by atoms with E-state index in [0.29, 0.717) is 0 Å². The van der Waals surface area contributed by atoms with Crippen molar-refractivity contribution >= 4 is 65.1 Å². The number of carboxylic acid groups (broad SMARTS) is 2. The predicted octanol–water partition coefficient (Wildman–Crippen LogP) is -7.52. The van der Waals surface area contributed by atoms with Gasteiger partial charge in [0.05, 0.1) is 19.8 Å². The zero-order chi connectivity index (χ0) is 46.4. The zero-order valence-corrected chi connectivity index (χ0v) is 33.6. The van der Waals surface area contributed by atoms with Crippen LogP contribution in [0.3, 0.4) is 0 Å². The second kappa shape index (κ2) is 26.9. The number of aliphatic hydroxyl groups excluding tert-OH is 3. The van der Waals surface area contributed by atoms with E-state index in [1.54, 1.807) is 0 Å². The van der Waals surface area contributed by atoms with Crippen LogP contribution < -0.4 is 54.4 Å². The molecule has 0 bridgehead atoms. The third kappa shape index (κ3) is 19.6. The molecule has 0 unspecified atom stereocenters. The van der Waals surface area contributed by atoms with E-state index < -0.39 is 184 Å². The lowest BCUT2D eigenvalue weighted by atomic mass is 10.0. The Labute approximate surface area is 343 Å². The number of aliphatic hydroxyl groups is 3. The number of aliphatic carboxylic acids is 2. The molecular formula is C34H58N10O16. The molecule has 0 aromatic heterocycles. The lowest BCUT2D eigenvalue weighted by molar-refractivity contribution is -0.144.